The molecular weight excluding hydrogens is 350 g/mol. The van der Waals surface area contributed by atoms with Crippen molar-refractivity contribution >= 4 is 34.7 Å². The van der Waals surface area contributed by atoms with Crippen LogP contribution in [0.4, 0.5) is 17.2 Å². The third-order valence-electron chi connectivity index (χ3n) is 3.44. The monoisotopic (exact) mass is 363 g/mol. The molecule has 0 fully saturated rings. The minimum atomic E-state index is -0.355. The van der Waals surface area contributed by atoms with E-state index in [1.54, 1.807) is 55.5 Å². The van der Waals surface area contributed by atoms with Gasteiger partial charge in [-0.1, -0.05) is 17.7 Å². The number of aryl methyl sites for hydroxylation is 1. The normalized spacial score (nSPS) is 10.0. The van der Waals surface area contributed by atoms with Gasteiger partial charge in [-0.3, -0.25) is 4.79 Å². The highest BCUT2D eigenvalue weighted by Gasteiger charge is 2.11. The number of halogens is 1. The molecule has 3 aromatic rings. The molecule has 0 unspecified atom stereocenters. The van der Waals surface area contributed by atoms with E-state index in [4.69, 9.17) is 16.9 Å². The molecule has 0 bridgehead atoms. The molecule has 0 spiro atoms. The van der Waals surface area contributed by atoms with Crippen molar-refractivity contribution < 1.29 is 4.79 Å². The van der Waals surface area contributed by atoms with Crippen LogP contribution in [0.15, 0.2) is 54.6 Å². The summed E-state index contributed by atoms with van der Waals surface area (Å²) in [5, 5.41) is 15.4. The number of anilines is 3. The first kappa shape index (κ1) is 17.4. The molecule has 0 aliphatic heterocycles. The average Bonchev–Trinajstić information content (AvgIpc) is 2.63. The molecule has 7 heteroatoms. The van der Waals surface area contributed by atoms with Gasteiger partial charge in [-0.2, -0.15) is 5.26 Å². The summed E-state index contributed by atoms with van der Waals surface area (Å²) in [6.07, 6.45) is 0. The van der Waals surface area contributed by atoms with Crippen LogP contribution in [0.2, 0.25) is 5.02 Å². The van der Waals surface area contributed by atoms with Gasteiger partial charge >= 0.3 is 0 Å². The van der Waals surface area contributed by atoms with Crippen LogP contribution in [0.1, 0.15) is 21.9 Å². The Labute approximate surface area is 155 Å². The van der Waals surface area contributed by atoms with E-state index >= 15 is 0 Å². The third kappa shape index (κ3) is 4.35. The molecule has 0 aliphatic carbocycles. The van der Waals surface area contributed by atoms with Crippen molar-refractivity contribution in [3.05, 3.63) is 76.7 Å². The van der Waals surface area contributed by atoms with E-state index in [9.17, 15) is 4.79 Å². The Morgan fingerprint density at radius 1 is 1.08 bits per heavy atom. The SMILES string of the molecule is Cc1nc(Nc2cccc(C#N)c2)cc(C(=O)Nc2ccc(Cl)cc2)n1. The van der Waals surface area contributed by atoms with E-state index in [1.165, 1.54) is 0 Å². The zero-order valence-electron chi connectivity index (χ0n) is 13.8. The molecule has 0 saturated carbocycles. The van der Waals surface area contributed by atoms with Crippen LogP contribution < -0.4 is 10.6 Å². The average molecular weight is 364 g/mol. The van der Waals surface area contributed by atoms with Crippen molar-refractivity contribution in [2.24, 2.45) is 0 Å². The summed E-state index contributed by atoms with van der Waals surface area (Å²) < 4.78 is 0. The lowest BCUT2D eigenvalue weighted by molar-refractivity contribution is 0.102. The Bertz CT molecular complexity index is 996. The Morgan fingerprint density at radius 2 is 1.85 bits per heavy atom. The van der Waals surface area contributed by atoms with Gasteiger partial charge in [-0.05, 0) is 49.4 Å². The predicted octanol–water partition coefficient (Wildman–Crippen LogP) is 4.31. The molecule has 0 radical (unpaired) electrons. The molecule has 128 valence electrons. The molecule has 3 rings (SSSR count). The lowest BCUT2D eigenvalue weighted by atomic mass is 10.2. The van der Waals surface area contributed by atoms with E-state index in [1.807, 2.05) is 6.07 Å². The number of nitrogens with one attached hydrogen (secondary N) is 2. The van der Waals surface area contributed by atoms with Crippen molar-refractivity contribution in [1.29, 1.82) is 5.26 Å². The first-order chi connectivity index (χ1) is 12.5. The van der Waals surface area contributed by atoms with Gasteiger partial charge < -0.3 is 10.6 Å². The molecule has 0 atom stereocenters. The summed E-state index contributed by atoms with van der Waals surface area (Å²) in [6, 6.07) is 17.4. The van der Waals surface area contributed by atoms with E-state index in [-0.39, 0.29) is 11.6 Å². The molecular formula is C19H14ClN5O. The predicted molar refractivity (Wildman–Crippen MR) is 101 cm³/mol. The standard InChI is InChI=1S/C19H14ClN5O/c1-12-22-17(19(26)25-15-7-5-14(20)6-8-15)10-18(23-12)24-16-4-2-3-13(9-16)11-21/h2-10H,1H3,(H,25,26)(H,22,23,24). The fourth-order valence-corrected chi connectivity index (χ4v) is 2.42. The lowest BCUT2D eigenvalue weighted by Crippen LogP contribution is -2.15. The fraction of sp³-hybridized carbons (Fsp3) is 0.0526. The summed E-state index contributed by atoms with van der Waals surface area (Å²) in [7, 11) is 0. The maximum absolute atomic E-state index is 12.5. The van der Waals surface area contributed by atoms with Gasteiger partial charge in [0.05, 0.1) is 11.6 Å². The topological polar surface area (TPSA) is 90.7 Å². The van der Waals surface area contributed by atoms with E-state index in [0.717, 1.165) is 0 Å². The van der Waals surface area contributed by atoms with Gasteiger partial charge in [0.25, 0.3) is 5.91 Å². The maximum atomic E-state index is 12.5. The Balaban J connectivity index is 1.81. The van der Waals surface area contributed by atoms with Gasteiger partial charge in [0.1, 0.15) is 17.3 Å². The van der Waals surface area contributed by atoms with Crippen molar-refractivity contribution in [3.63, 3.8) is 0 Å². The second kappa shape index (κ2) is 7.64. The van der Waals surface area contributed by atoms with Crippen LogP contribution in [-0.2, 0) is 0 Å². The number of carbonyl (C=O) groups is 1. The minimum absolute atomic E-state index is 0.228. The van der Waals surface area contributed by atoms with Gasteiger partial charge in [0.15, 0.2) is 0 Å². The quantitative estimate of drug-likeness (QED) is 0.720. The van der Waals surface area contributed by atoms with Gasteiger partial charge in [-0.25, -0.2) is 9.97 Å². The fourth-order valence-electron chi connectivity index (χ4n) is 2.29. The molecule has 1 aromatic heterocycles. The lowest BCUT2D eigenvalue weighted by Gasteiger charge is -2.09. The second-order valence-electron chi connectivity index (χ2n) is 5.46. The number of hydrogen-bond donors (Lipinski definition) is 2. The van der Waals surface area contributed by atoms with E-state index < -0.39 is 0 Å². The van der Waals surface area contributed by atoms with Crippen molar-refractivity contribution in [2.75, 3.05) is 10.6 Å². The first-order valence-electron chi connectivity index (χ1n) is 7.73. The van der Waals surface area contributed by atoms with Crippen LogP contribution in [0.5, 0.6) is 0 Å². The molecule has 0 aliphatic rings. The molecule has 2 N–H and O–H groups in total. The number of rotatable bonds is 4. The maximum Gasteiger partial charge on any atom is 0.274 e. The summed E-state index contributed by atoms with van der Waals surface area (Å²) >= 11 is 5.84. The van der Waals surface area contributed by atoms with Crippen molar-refractivity contribution in [2.45, 2.75) is 6.92 Å². The smallest absolute Gasteiger partial charge is 0.274 e. The van der Waals surface area contributed by atoms with Gasteiger partial charge in [0.2, 0.25) is 0 Å². The molecule has 1 heterocycles. The Hall–Kier alpha value is -3.43. The van der Waals surface area contributed by atoms with Crippen LogP contribution in [0.3, 0.4) is 0 Å². The zero-order chi connectivity index (χ0) is 18.5. The molecule has 0 saturated heterocycles. The number of nitrogens with zero attached hydrogens (tertiary/aromatic N) is 3. The Morgan fingerprint density at radius 3 is 2.58 bits per heavy atom. The number of benzene rings is 2. The number of hydrogen-bond acceptors (Lipinski definition) is 5. The highest BCUT2D eigenvalue weighted by Crippen LogP contribution is 2.18. The summed E-state index contributed by atoms with van der Waals surface area (Å²) in [6.45, 7) is 1.70. The molecule has 2 aromatic carbocycles. The summed E-state index contributed by atoms with van der Waals surface area (Å²) in [5.74, 6) is 0.563. The molecule has 6 nitrogen and oxygen atoms in total. The second-order valence-corrected chi connectivity index (χ2v) is 5.90. The molecule has 26 heavy (non-hydrogen) atoms. The van der Waals surface area contributed by atoms with Crippen LogP contribution in [-0.4, -0.2) is 15.9 Å². The van der Waals surface area contributed by atoms with Crippen LogP contribution >= 0.6 is 11.6 Å². The van der Waals surface area contributed by atoms with Crippen LogP contribution in [0, 0.1) is 18.3 Å². The van der Waals surface area contributed by atoms with E-state index in [2.05, 4.69) is 26.7 Å². The Kier molecular flexibility index (Phi) is 5.11. The van der Waals surface area contributed by atoms with Crippen molar-refractivity contribution in [1.82, 2.24) is 9.97 Å². The largest absolute Gasteiger partial charge is 0.340 e. The van der Waals surface area contributed by atoms with E-state index in [0.29, 0.717) is 33.6 Å². The number of nitriles is 1. The van der Waals surface area contributed by atoms with Crippen LogP contribution in [0.25, 0.3) is 0 Å². The number of carbonyl (C=O) groups excluding carboxylic acids is 1. The first-order valence-corrected chi connectivity index (χ1v) is 8.11. The minimum Gasteiger partial charge on any atom is -0.340 e. The number of aromatic nitrogens is 2. The highest BCUT2D eigenvalue weighted by atomic mass is 35.5. The summed E-state index contributed by atoms with van der Waals surface area (Å²) in [4.78, 5) is 20.9. The highest BCUT2D eigenvalue weighted by molar-refractivity contribution is 6.30. The number of amides is 1. The van der Waals surface area contributed by atoms with Gasteiger partial charge in [-0.15, -0.1) is 0 Å². The summed E-state index contributed by atoms with van der Waals surface area (Å²) in [5.41, 5.74) is 2.07. The van der Waals surface area contributed by atoms with Gasteiger partial charge in [0, 0.05) is 22.5 Å². The van der Waals surface area contributed by atoms with Crippen molar-refractivity contribution in [3.8, 4) is 6.07 Å². The molecule has 1 amide bonds. The zero-order valence-corrected chi connectivity index (χ0v) is 14.6. The third-order valence-corrected chi connectivity index (χ3v) is 3.69.